The van der Waals surface area contributed by atoms with Crippen molar-refractivity contribution >= 4 is 49.2 Å². The van der Waals surface area contributed by atoms with Crippen molar-refractivity contribution in [3.05, 3.63) is 87.5 Å². The lowest BCUT2D eigenvalue weighted by atomic mass is 10.0. The maximum atomic E-state index is 14.2. The van der Waals surface area contributed by atoms with Crippen molar-refractivity contribution in [2.75, 3.05) is 32.3 Å². The number of ether oxygens (including phenoxy) is 2. The predicted molar refractivity (Wildman–Crippen MR) is 144 cm³/mol. The number of carbonyl (C=O) groups is 1. The zero-order valence-electron chi connectivity index (χ0n) is 19.4. The van der Waals surface area contributed by atoms with E-state index in [1.54, 1.807) is 35.8 Å². The molecule has 0 fully saturated rings. The van der Waals surface area contributed by atoms with E-state index in [0.717, 1.165) is 15.1 Å². The minimum atomic E-state index is -0.196. The molecule has 0 aliphatic rings. The van der Waals surface area contributed by atoms with Crippen LogP contribution in [0.25, 0.3) is 26.7 Å². The van der Waals surface area contributed by atoms with Crippen LogP contribution in [0.1, 0.15) is 16.8 Å². The molecule has 8 heteroatoms. The molecule has 0 aliphatic heterocycles. The quantitative estimate of drug-likeness (QED) is 0.246. The second kappa shape index (κ2) is 10.0. The molecule has 0 atom stereocenters. The number of thiophene rings is 2. The van der Waals surface area contributed by atoms with Gasteiger partial charge >= 0.3 is 0 Å². The molecule has 6 nitrogen and oxygen atoms in total. The van der Waals surface area contributed by atoms with Crippen LogP contribution in [0.15, 0.2) is 76.3 Å². The lowest BCUT2D eigenvalue weighted by Crippen LogP contribution is -2.33. The fourth-order valence-electron chi connectivity index (χ4n) is 4.28. The molecule has 0 bridgehead atoms. The van der Waals surface area contributed by atoms with Crippen molar-refractivity contribution in [2.45, 2.75) is 6.42 Å². The van der Waals surface area contributed by atoms with Gasteiger partial charge in [0, 0.05) is 32.0 Å². The summed E-state index contributed by atoms with van der Waals surface area (Å²) in [6, 6.07) is 16.9. The summed E-state index contributed by atoms with van der Waals surface area (Å²) < 4.78 is 13.3. The van der Waals surface area contributed by atoms with Gasteiger partial charge in [-0.2, -0.15) is 0 Å². The summed E-state index contributed by atoms with van der Waals surface area (Å²) in [5.74, 6) is 0.424. The molecular formula is C27H24N2O4S2. The number of hydrogen-bond donors (Lipinski definition) is 0. The number of para-hydroxylation sites is 1. The first-order valence-electron chi connectivity index (χ1n) is 11.2. The number of aromatic nitrogens is 1. The molecule has 0 radical (unpaired) electrons. The Labute approximate surface area is 210 Å². The van der Waals surface area contributed by atoms with Crippen molar-refractivity contribution in [1.82, 2.24) is 4.40 Å². The highest BCUT2D eigenvalue weighted by atomic mass is 32.1. The average molecular weight is 505 g/mol. The van der Waals surface area contributed by atoms with E-state index in [1.807, 2.05) is 59.3 Å². The van der Waals surface area contributed by atoms with E-state index in [4.69, 9.17) is 9.47 Å². The van der Waals surface area contributed by atoms with Crippen LogP contribution in [-0.2, 0) is 4.74 Å². The SMILES string of the molecule is COCCCN(C(=O)c1cc(-c2ccccc2OC)c(=O)n2ccc3ccsc3c12)c1cccs1. The summed E-state index contributed by atoms with van der Waals surface area (Å²) in [5.41, 5.74) is 1.97. The number of methoxy groups -OCH3 is 2. The van der Waals surface area contributed by atoms with E-state index >= 15 is 0 Å². The first-order chi connectivity index (χ1) is 17.1. The molecule has 1 amide bonds. The van der Waals surface area contributed by atoms with Gasteiger partial charge in [0.15, 0.2) is 0 Å². The minimum absolute atomic E-state index is 0.155. The van der Waals surface area contributed by atoms with Crippen LogP contribution < -0.4 is 15.2 Å². The van der Waals surface area contributed by atoms with Crippen molar-refractivity contribution in [2.24, 2.45) is 0 Å². The standard InChI is InChI=1S/C27H24N2O4S2/c1-32-14-6-12-28(23-9-5-15-34-23)27(31)21-17-20(19-7-3-4-8-22(19)33-2)26(30)29-13-10-18-11-16-35-25(18)24(21)29/h3-5,7-11,13,15-17H,6,12,14H2,1-2H3. The lowest BCUT2D eigenvalue weighted by Gasteiger charge is -2.23. The summed E-state index contributed by atoms with van der Waals surface area (Å²) in [5, 5.41) is 5.79. The van der Waals surface area contributed by atoms with Gasteiger partial charge in [0.2, 0.25) is 0 Å². The van der Waals surface area contributed by atoms with Gasteiger partial charge in [0.25, 0.3) is 11.5 Å². The molecule has 5 aromatic rings. The largest absolute Gasteiger partial charge is 0.496 e. The van der Waals surface area contributed by atoms with Gasteiger partial charge in [-0.15, -0.1) is 22.7 Å². The molecule has 0 saturated carbocycles. The van der Waals surface area contributed by atoms with E-state index in [2.05, 4.69) is 0 Å². The van der Waals surface area contributed by atoms with Gasteiger partial charge in [-0.25, -0.2) is 0 Å². The van der Waals surface area contributed by atoms with Crippen LogP contribution in [0, 0.1) is 0 Å². The first kappa shape index (κ1) is 23.3. The van der Waals surface area contributed by atoms with Crippen LogP contribution in [0.4, 0.5) is 5.00 Å². The third-order valence-electron chi connectivity index (χ3n) is 5.92. The summed E-state index contributed by atoms with van der Waals surface area (Å²) >= 11 is 3.04. The van der Waals surface area contributed by atoms with Gasteiger partial charge in [-0.05, 0) is 59.0 Å². The molecule has 1 aromatic carbocycles. The zero-order valence-corrected chi connectivity index (χ0v) is 21.0. The van der Waals surface area contributed by atoms with E-state index in [0.29, 0.717) is 47.5 Å². The number of rotatable bonds is 8. The van der Waals surface area contributed by atoms with Crippen LogP contribution in [-0.4, -0.2) is 37.7 Å². The maximum Gasteiger partial charge on any atom is 0.263 e. The van der Waals surface area contributed by atoms with Crippen LogP contribution in [0.2, 0.25) is 0 Å². The van der Waals surface area contributed by atoms with Crippen molar-refractivity contribution < 1.29 is 14.3 Å². The van der Waals surface area contributed by atoms with Gasteiger partial charge < -0.3 is 9.47 Å². The second-order valence-electron chi connectivity index (χ2n) is 7.97. The minimum Gasteiger partial charge on any atom is -0.496 e. The molecular weight excluding hydrogens is 480 g/mol. The van der Waals surface area contributed by atoms with E-state index in [-0.39, 0.29) is 11.5 Å². The Morgan fingerprint density at radius 3 is 2.63 bits per heavy atom. The molecule has 0 aliphatic carbocycles. The van der Waals surface area contributed by atoms with Crippen LogP contribution in [0.3, 0.4) is 0 Å². The zero-order chi connectivity index (χ0) is 24.4. The van der Waals surface area contributed by atoms with Crippen molar-refractivity contribution in [3.8, 4) is 16.9 Å². The van der Waals surface area contributed by atoms with E-state index in [9.17, 15) is 9.59 Å². The van der Waals surface area contributed by atoms with Gasteiger partial charge in [-0.1, -0.05) is 18.2 Å². The number of pyridine rings is 2. The molecule has 0 saturated heterocycles. The number of amides is 1. The lowest BCUT2D eigenvalue weighted by molar-refractivity contribution is 0.0985. The third kappa shape index (κ3) is 4.25. The highest BCUT2D eigenvalue weighted by molar-refractivity contribution is 7.18. The molecule has 0 spiro atoms. The molecule has 0 unspecified atom stereocenters. The number of hydrogen-bond acceptors (Lipinski definition) is 6. The van der Waals surface area contributed by atoms with Crippen LogP contribution in [0.5, 0.6) is 5.75 Å². The Bertz CT molecular complexity index is 1550. The second-order valence-corrected chi connectivity index (χ2v) is 9.81. The molecule has 0 N–H and O–H groups in total. The monoisotopic (exact) mass is 504 g/mol. The molecule has 35 heavy (non-hydrogen) atoms. The molecule has 4 aromatic heterocycles. The number of anilines is 1. The topological polar surface area (TPSA) is 60.2 Å². The third-order valence-corrected chi connectivity index (χ3v) is 7.75. The smallest absolute Gasteiger partial charge is 0.263 e. The molecule has 4 heterocycles. The van der Waals surface area contributed by atoms with Crippen molar-refractivity contribution in [1.29, 1.82) is 0 Å². The van der Waals surface area contributed by atoms with Gasteiger partial charge in [0.05, 0.1) is 33.5 Å². The highest BCUT2D eigenvalue weighted by Crippen LogP contribution is 2.34. The summed E-state index contributed by atoms with van der Waals surface area (Å²) in [6.07, 6.45) is 2.45. The van der Waals surface area contributed by atoms with Gasteiger partial charge in [0.1, 0.15) is 5.75 Å². The summed E-state index contributed by atoms with van der Waals surface area (Å²) in [7, 11) is 3.23. The average Bonchev–Trinajstić information content (AvgIpc) is 3.59. The maximum absolute atomic E-state index is 14.2. The van der Waals surface area contributed by atoms with Crippen molar-refractivity contribution in [3.63, 3.8) is 0 Å². The Hall–Kier alpha value is -3.46. The first-order valence-corrected chi connectivity index (χ1v) is 12.9. The Morgan fingerprint density at radius 1 is 1.00 bits per heavy atom. The Kier molecular flexibility index (Phi) is 6.68. The number of nitrogens with zero attached hydrogens (tertiary/aromatic N) is 2. The number of benzene rings is 1. The predicted octanol–water partition coefficient (Wildman–Crippen LogP) is 5.93. The number of carbonyl (C=O) groups excluding carboxylic acids is 1. The fourth-order valence-corrected chi connectivity index (χ4v) is 5.98. The molecule has 178 valence electrons. The number of fused-ring (bicyclic) bond motifs is 3. The Balaban J connectivity index is 1.78. The van der Waals surface area contributed by atoms with Crippen LogP contribution >= 0.6 is 22.7 Å². The highest BCUT2D eigenvalue weighted by Gasteiger charge is 2.25. The van der Waals surface area contributed by atoms with Gasteiger partial charge in [-0.3, -0.25) is 18.9 Å². The fraction of sp³-hybridized carbons (Fsp3) is 0.185. The van der Waals surface area contributed by atoms with E-state index in [1.165, 1.54) is 22.7 Å². The summed E-state index contributed by atoms with van der Waals surface area (Å²) in [6.45, 7) is 1.05. The normalized spacial score (nSPS) is 11.3. The van der Waals surface area contributed by atoms with E-state index < -0.39 is 0 Å². The summed E-state index contributed by atoms with van der Waals surface area (Å²) in [4.78, 5) is 29.7. The Morgan fingerprint density at radius 2 is 1.86 bits per heavy atom. The molecule has 5 rings (SSSR count).